The van der Waals surface area contributed by atoms with Crippen LogP contribution in [-0.2, 0) is 19.2 Å². The third-order valence-corrected chi connectivity index (χ3v) is 6.43. The monoisotopic (exact) mass is 462 g/mol. The van der Waals surface area contributed by atoms with Crippen molar-refractivity contribution in [3.05, 3.63) is 82.8 Å². The lowest BCUT2D eigenvalue weighted by Crippen LogP contribution is -2.28. The van der Waals surface area contributed by atoms with Gasteiger partial charge >= 0.3 is 0 Å². The molecule has 0 fully saturated rings. The lowest BCUT2D eigenvalue weighted by atomic mass is 9.91. The molecule has 1 atom stereocenters. The zero-order valence-electron chi connectivity index (χ0n) is 19.3. The van der Waals surface area contributed by atoms with Gasteiger partial charge in [-0.15, -0.1) is 0 Å². The van der Waals surface area contributed by atoms with Crippen LogP contribution in [0.15, 0.2) is 48.8 Å². The Kier molecular flexibility index (Phi) is 5.02. The minimum Gasteiger partial charge on any atom is -0.386 e. The molecule has 0 unspecified atom stereocenters. The summed E-state index contributed by atoms with van der Waals surface area (Å²) in [4.78, 5) is 18.4. The minimum atomic E-state index is -1.13. The molecule has 2 aromatic heterocycles. The Balaban J connectivity index is 1.56. The van der Waals surface area contributed by atoms with E-state index in [1.54, 1.807) is 69.2 Å². The van der Waals surface area contributed by atoms with Crippen molar-refractivity contribution >= 4 is 16.8 Å². The molecule has 8 heteroatoms. The van der Waals surface area contributed by atoms with Gasteiger partial charge in [0.05, 0.1) is 35.0 Å². The van der Waals surface area contributed by atoms with Gasteiger partial charge in [0.15, 0.2) is 0 Å². The molecular weight excluding hydrogens is 438 g/mol. The van der Waals surface area contributed by atoms with E-state index in [9.17, 15) is 9.90 Å². The van der Waals surface area contributed by atoms with Crippen LogP contribution in [0.25, 0.3) is 22.0 Å². The standard InChI is InChI=1S/C26H24F2N4O2/c1-14(32-13-22-17(25(32)33)6-5-9-29-22)23-20(27)10-15(11-21(23)28)16-7-8-19(26(2,3)34)24-18(16)12-31(4)30-24/h5-12,14,34H,13H2,1-4H3/t14-/m1/s1. The first kappa shape index (κ1) is 22.2. The number of carbonyl (C=O) groups is 1. The van der Waals surface area contributed by atoms with E-state index >= 15 is 8.78 Å². The van der Waals surface area contributed by atoms with Gasteiger partial charge in [0.25, 0.3) is 5.91 Å². The molecule has 0 aliphatic carbocycles. The Hall–Kier alpha value is -3.65. The van der Waals surface area contributed by atoms with Crippen molar-refractivity contribution in [3.63, 3.8) is 0 Å². The summed E-state index contributed by atoms with van der Waals surface area (Å²) in [5, 5.41) is 15.7. The summed E-state index contributed by atoms with van der Waals surface area (Å²) >= 11 is 0. The fourth-order valence-electron chi connectivity index (χ4n) is 4.72. The number of benzene rings is 2. The maximum absolute atomic E-state index is 15.4. The molecule has 1 amide bonds. The molecule has 1 N–H and O–H groups in total. The fourth-order valence-corrected chi connectivity index (χ4v) is 4.72. The number of aliphatic hydroxyl groups is 1. The van der Waals surface area contributed by atoms with E-state index in [2.05, 4.69) is 10.1 Å². The number of hydrogen-bond donors (Lipinski definition) is 1. The van der Waals surface area contributed by atoms with Crippen LogP contribution in [-0.4, -0.2) is 30.7 Å². The quantitative estimate of drug-likeness (QED) is 0.470. The first-order valence-corrected chi connectivity index (χ1v) is 11.0. The van der Waals surface area contributed by atoms with Gasteiger partial charge in [-0.2, -0.15) is 5.10 Å². The van der Waals surface area contributed by atoms with Crippen molar-refractivity contribution in [2.75, 3.05) is 0 Å². The molecule has 0 bridgehead atoms. The molecule has 1 aliphatic rings. The Labute approximate surface area is 195 Å². The Morgan fingerprint density at radius 3 is 2.47 bits per heavy atom. The van der Waals surface area contributed by atoms with Crippen molar-refractivity contribution in [1.82, 2.24) is 19.7 Å². The van der Waals surface area contributed by atoms with Crippen molar-refractivity contribution < 1.29 is 18.7 Å². The van der Waals surface area contributed by atoms with Crippen LogP contribution in [0.3, 0.4) is 0 Å². The average molecular weight is 463 g/mol. The van der Waals surface area contributed by atoms with Crippen LogP contribution in [0.5, 0.6) is 0 Å². The average Bonchev–Trinajstić information content (AvgIpc) is 3.31. The largest absolute Gasteiger partial charge is 0.386 e. The summed E-state index contributed by atoms with van der Waals surface area (Å²) in [5.41, 5.74) is 1.90. The number of aryl methyl sites for hydroxylation is 1. The summed E-state index contributed by atoms with van der Waals surface area (Å²) in [7, 11) is 1.75. The smallest absolute Gasteiger partial charge is 0.256 e. The van der Waals surface area contributed by atoms with E-state index in [1.807, 2.05) is 0 Å². The highest BCUT2D eigenvalue weighted by Crippen LogP contribution is 2.38. The molecule has 0 saturated carbocycles. The van der Waals surface area contributed by atoms with Gasteiger partial charge < -0.3 is 10.0 Å². The van der Waals surface area contributed by atoms with Crippen LogP contribution in [0.4, 0.5) is 8.78 Å². The van der Waals surface area contributed by atoms with E-state index in [4.69, 9.17) is 0 Å². The van der Waals surface area contributed by atoms with Crippen LogP contribution >= 0.6 is 0 Å². The number of fused-ring (bicyclic) bond motifs is 2. The zero-order chi connectivity index (χ0) is 24.4. The van der Waals surface area contributed by atoms with Gasteiger partial charge in [-0.05, 0) is 56.2 Å². The molecule has 3 heterocycles. The molecule has 2 aromatic carbocycles. The molecule has 1 aliphatic heterocycles. The van der Waals surface area contributed by atoms with Crippen molar-refractivity contribution in [3.8, 4) is 11.1 Å². The lowest BCUT2D eigenvalue weighted by Gasteiger charge is -2.25. The molecule has 0 spiro atoms. The van der Waals surface area contributed by atoms with Gasteiger partial charge in [-0.3, -0.25) is 14.5 Å². The number of aromatic nitrogens is 3. The van der Waals surface area contributed by atoms with E-state index in [-0.39, 0.29) is 18.0 Å². The van der Waals surface area contributed by atoms with E-state index in [0.717, 1.165) is 0 Å². The number of amides is 1. The molecule has 0 radical (unpaired) electrons. The van der Waals surface area contributed by atoms with Crippen LogP contribution in [0.2, 0.25) is 0 Å². The maximum Gasteiger partial charge on any atom is 0.256 e. The maximum atomic E-state index is 15.4. The summed E-state index contributed by atoms with van der Waals surface area (Å²) in [6.45, 7) is 5.14. The van der Waals surface area contributed by atoms with Gasteiger partial charge in [-0.25, -0.2) is 8.78 Å². The topological polar surface area (TPSA) is 71.2 Å². The van der Waals surface area contributed by atoms with Crippen LogP contribution < -0.4 is 0 Å². The highest BCUT2D eigenvalue weighted by molar-refractivity contribution is 5.98. The normalized spacial score (nSPS) is 14.7. The summed E-state index contributed by atoms with van der Waals surface area (Å²) in [6, 6.07) is 8.56. The van der Waals surface area contributed by atoms with E-state index < -0.39 is 23.3 Å². The highest BCUT2D eigenvalue weighted by atomic mass is 19.1. The Morgan fingerprint density at radius 2 is 1.82 bits per heavy atom. The fraction of sp³-hybridized carbons (Fsp3) is 0.269. The number of nitrogens with zero attached hydrogens (tertiary/aromatic N) is 4. The summed E-state index contributed by atoms with van der Waals surface area (Å²) < 4.78 is 32.4. The van der Waals surface area contributed by atoms with Gasteiger partial charge in [0.2, 0.25) is 0 Å². The molecule has 5 rings (SSSR count). The van der Waals surface area contributed by atoms with Crippen LogP contribution in [0, 0.1) is 11.6 Å². The molecule has 174 valence electrons. The second-order valence-corrected chi connectivity index (χ2v) is 9.25. The SMILES string of the molecule is C[C@H](c1c(F)cc(-c2ccc(C(C)(C)O)c3nn(C)cc23)cc1F)N1Cc2ncccc2C1=O. The van der Waals surface area contributed by atoms with Crippen molar-refractivity contribution in [2.45, 2.75) is 39.0 Å². The molecule has 4 aromatic rings. The number of pyridine rings is 1. The minimum absolute atomic E-state index is 0.166. The van der Waals surface area contributed by atoms with Crippen molar-refractivity contribution in [1.29, 1.82) is 0 Å². The predicted molar refractivity (Wildman–Crippen MR) is 124 cm³/mol. The highest BCUT2D eigenvalue weighted by Gasteiger charge is 2.34. The van der Waals surface area contributed by atoms with Gasteiger partial charge in [0, 0.05) is 36.0 Å². The predicted octanol–water partition coefficient (Wildman–Crippen LogP) is 4.86. The third kappa shape index (κ3) is 3.45. The summed E-state index contributed by atoms with van der Waals surface area (Å²) in [5.74, 6) is -1.76. The molecule has 0 saturated heterocycles. The zero-order valence-corrected chi connectivity index (χ0v) is 19.3. The number of hydrogen-bond acceptors (Lipinski definition) is 4. The Bertz CT molecular complexity index is 1430. The molecule has 34 heavy (non-hydrogen) atoms. The molecule has 6 nitrogen and oxygen atoms in total. The first-order chi connectivity index (χ1) is 16.1. The molecular formula is C26H24F2N4O2. The van der Waals surface area contributed by atoms with Gasteiger partial charge in [0.1, 0.15) is 11.6 Å². The third-order valence-electron chi connectivity index (χ3n) is 6.43. The Morgan fingerprint density at radius 1 is 1.12 bits per heavy atom. The van der Waals surface area contributed by atoms with Gasteiger partial charge in [-0.1, -0.05) is 12.1 Å². The van der Waals surface area contributed by atoms with E-state index in [0.29, 0.717) is 38.9 Å². The van der Waals surface area contributed by atoms with E-state index in [1.165, 1.54) is 17.0 Å². The second kappa shape index (κ2) is 7.70. The number of carbonyl (C=O) groups excluding carboxylic acids is 1. The summed E-state index contributed by atoms with van der Waals surface area (Å²) in [6.07, 6.45) is 3.36. The van der Waals surface area contributed by atoms with Crippen molar-refractivity contribution in [2.24, 2.45) is 7.05 Å². The first-order valence-electron chi connectivity index (χ1n) is 11.0. The van der Waals surface area contributed by atoms with Crippen LogP contribution in [0.1, 0.15) is 54.0 Å². The number of halogens is 2. The number of rotatable bonds is 4. The lowest BCUT2D eigenvalue weighted by molar-refractivity contribution is 0.0709. The second-order valence-electron chi connectivity index (χ2n) is 9.25.